The standard InChI is InChI=1S/C13H22N4O/c1-9(2)18-13-8-15-7-12(16-13)17-5-4-10(3)11(17)6-14/h7-11H,4-6,14H2,1-3H3. The zero-order valence-corrected chi connectivity index (χ0v) is 11.3. The van der Waals surface area contributed by atoms with E-state index >= 15 is 0 Å². The van der Waals surface area contributed by atoms with Crippen molar-refractivity contribution >= 4 is 5.82 Å². The van der Waals surface area contributed by atoms with Gasteiger partial charge in [-0.25, -0.2) is 0 Å². The molecule has 2 N–H and O–H groups in total. The molecule has 0 bridgehead atoms. The molecule has 1 fully saturated rings. The molecule has 2 rings (SSSR count). The lowest BCUT2D eigenvalue weighted by Crippen LogP contribution is -2.39. The third-order valence-corrected chi connectivity index (χ3v) is 3.37. The van der Waals surface area contributed by atoms with Crippen molar-refractivity contribution < 1.29 is 4.74 Å². The van der Waals surface area contributed by atoms with Crippen LogP contribution in [0.1, 0.15) is 27.2 Å². The zero-order chi connectivity index (χ0) is 13.1. The van der Waals surface area contributed by atoms with Gasteiger partial charge in [0, 0.05) is 19.1 Å². The summed E-state index contributed by atoms with van der Waals surface area (Å²) in [6.45, 7) is 7.84. The smallest absolute Gasteiger partial charge is 0.234 e. The van der Waals surface area contributed by atoms with Crippen LogP contribution in [0, 0.1) is 5.92 Å². The number of rotatable bonds is 4. The average molecular weight is 250 g/mol. The Bertz CT molecular complexity index is 396. The Balaban J connectivity index is 2.17. The van der Waals surface area contributed by atoms with E-state index in [1.54, 1.807) is 12.4 Å². The summed E-state index contributed by atoms with van der Waals surface area (Å²) in [6.07, 6.45) is 4.70. The number of nitrogens with zero attached hydrogens (tertiary/aromatic N) is 3. The quantitative estimate of drug-likeness (QED) is 0.876. The summed E-state index contributed by atoms with van der Waals surface area (Å²) < 4.78 is 5.58. The fourth-order valence-electron chi connectivity index (χ4n) is 2.43. The van der Waals surface area contributed by atoms with E-state index in [9.17, 15) is 0 Å². The first-order valence-electron chi connectivity index (χ1n) is 6.57. The summed E-state index contributed by atoms with van der Waals surface area (Å²) in [6, 6.07) is 0.355. The van der Waals surface area contributed by atoms with Crippen LogP contribution in [0.15, 0.2) is 12.4 Å². The summed E-state index contributed by atoms with van der Waals surface area (Å²) in [4.78, 5) is 11.0. The van der Waals surface area contributed by atoms with Gasteiger partial charge < -0.3 is 15.4 Å². The van der Waals surface area contributed by atoms with Crippen LogP contribution in [-0.4, -0.2) is 35.2 Å². The molecule has 0 saturated carbocycles. The Hall–Kier alpha value is -1.36. The molecule has 1 aromatic rings. The second kappa shape index (κ2) is 5.52. The number of anilines is 1. The Morgan fingerprint density at radius 2 is 2.28 bits per heavy atom. The molecular weight excluding hydrogens is 228 g/mol. The van der Waals surface area contributed by atoms with E-state index in [1.165, 1.54) is 0 Å². The molecule has 5 nitrogen and oxygen atoms in total. The first kappa shape index (κ1) is 13.1. The van der Waals surface area contributed by atoms with Crippen molar-refractivity contribution in [3.05, 3.63) is 12.4 Å². The van der Waals surface area contributed by atoms with Gasteiger partial charge in [-0.05, 0) is 26.2 Å². The normalized spacial score (nSPS) is 23.7. The lowest BCUT2D eigenvalue weighted by atomic mass is 10.0. The maximum Gasteiger partial charge on any atom is 0.234 e. The van der Waals surface area contributed by atoms with Crippen LogP contribution in [0.5, 0.6) is 5.88 Å². The summed E-state index contributed by atoms with van der Waals surface area (Å²) in [5, 5.41) is 0. The van der Waals surface area contributed by atoms with Gasteiger partial charge in [-0.15, -0.1) is 0 Å². The van der Waals surface area contributed by atoms with Gasteiger partial charge in [0.2, 0.25) is 5.88 Å². The van der Waals surface area contributed by atoms with Crippen molar-refractivity contribution in [1.29, 1.82) is 0 Å². The Morgan fingerprint density at radius 1 is 1.50 bits per heavy atom. The van der Waals surface area contributed by atoms with E-state index in [-0.39, 0.29) is 6.10 Å². The SMILES string of the molecule is CC(C)Oc1cncc(N2CCC(C)C2CN)n1. The predicted molar refractivity (Wildman–Crippen MR) is 71.8 cm³/mol. The van der Waals surface area contributed by atoms with Gasteiger partial charge in [-0.1, -0.05) is 6.92 Å². The zero-order valence-electron chi connectivity index (χ0n) is 11.3. The first-order chi connectivity index (χ1) is 8.61. The second-order valence-electron chi connectivity index (χ2n) is 5.14. The van der Waals surface area contributed by atoms with Crippen LogP contribution in [0.2, 0.25) is 0 Å². The van der Waals surface area contributed by atoms with Gasteiger partial charge in [-0.3, -0.25) is 4.98 Å². The van der Waals surface area contributed by atoms with E-state index in [0.29, 0.717) is 24.4 Å². The maximum atomic E-state index is 5.85. The van der Waals surface area contributed by atoms with Crippen LogP contribution >= 0.6 is 0 Å². The molecule has 2 atom stereocenters. The molecule has 1 aromatic heterocycles. The third-order valence-electron chi connectivity index (χ3n) is 3.37. The number of aromatic nitrogens is 2. The Morgan fingerprint density at radius 3 is 2.94 bits per heavy atom. The van der Waals surface area contributed by atoms with E-state index in [4.69, 9.17) is 10.5 Å². The topological polar surface area (TPSA) is 64.3 Å². The number of hydrogen-bond acceptors (Lipinski definition) is 5. The van der Waals surface area contributed by atoms with Gasteiger partial charge in [-0.2, -0.15) is 4.98 Å². The van der Waals surface area contributed by atoms with Crippen molar-refractivity contribution in [1.82, 2.24) is 9.97 Å². The summed E-state index contributed by atoms with van der Waals surface area (Å²) in [5.41, 5.74) is 5.85. The van der Waals surface area contributed by atoms with Crippen molar-refractivity contribution in [2.75, 3.05) is 18.0 Å². The minimum absolute atomic E-state index is 0.109. The monoisotopic (exact) mass is 250 g/mol. The van der Waals surface area contributed by atoms with E-state index < -0.39 is 0 Å². The van der Waals surface area contributed by atoms with Gasteiger partial charge in [0.15, 0.2) is 5.82 Å². The molecule has 0 radical (unpaired) electrons. The fraction of sp³-hybridized carbons (Fsp3) is 0.692. The molecule has 1 aliphatic heterocycles. The minimum atomic E-state index is 0.109. The van der Waals surface area contributed by atoms with Crippen molar-refractivity contribution in [2.24, 2.45) is 11.7 Å². The highest BCUT2D eigenvalue weighted by Gasteiger charge is 2.31. The fourth-order valence-corrected chi connectivity index (χ4v) is 2.43. The van der Waals surface area contributed by atoms with Crippen LogP contribution in [-0.2, 0) is 0 Å². The predicted octanol–water partition coefficient (Wildman–Crippen LogP) is 1.44. The lowest BCUT2D eigenvalue weighted by molar-refractivity contribution is 0.231. The average Bonchev–Trinajstić information content (AvgIpc) is 2.70. The van der Waals surface area contributed by atoms with Gasteiger partial charge in [0.1, 0.15) is 0 Å². The molecule has 0 amide bonds. The van der Waals surface area contributed by atoms with Gasteiger partial charge >= 0.3 is 0 Å². The molecule has 2 unspecified atom stereocenters. The highest BCUT2D eigenvalue weighted by Crippen LogP contribution is 2.28. The molecular formula is C13H22N4O. The molecule has 5 heteroatoms. The molecule has 1 aliphatic rings. The third kappa shape index (κ3) is 2.72. The minimum Gasteiger partial charge on any atom is -0.474 e. The molecule has 100 valence electrons. The van der Waals surface area contributed by atoms with Crippen LogP contribution in [0.3, 0.4) is 0 Å². The molecule has 18 heavy (non-hydrogen) atoms. The number of hydrogen-bond donors (Lipinski definition) is 1. The molecule has 1 saturated heterocycles. The maximum absolute atomic E-state index is 5.85. The van der Waals surface area contributed by atoms with Gasteiger partial charge in [0.25, 0.3) is 0 Å². The Labute approximate surface area is 108 Å². The summed E-state index contributed by atoms with van der Waals surface area (Å²) >= 11 is 0. The first-order valence-corrected chi connectivity index (χ1v) is 6.57. The van der Waals surface area contributed by atoms with Crippen LogP contribution < -0.4 is 15.4 Å². The molecule has 0 aliphatic carbocycles. The number of nitrogens with two attached hydrogens (primary N) is 1. The second-order valence-corrected chi connectivity index (χ2v) is 5.14. The van der Waals surface area contributed by atoms with Crippen molar-refractivity contribution in [3.8, 4) is 5.88 Å². The molecule has 0 aromatic carbocycles. The highest BCUT2D eigenvalue weighted by atomic mass is 16.5. The number of ether oxygens (including phenoxy) is 1. The van der Waals surface area contributed by atoms with E-state index in [1.807, 2.05) is 13.8 Å². The lowest BCUT2D eigenvalue weighted by Gasteiger charge is -2.26. The van der Waals surface area contributed by atoms with E-state index in [2.05, 4.69) is 21.8 Å². The molecule has 2 heterocycles. The van der Waals surface area contributed by atoms with Crippen LogP contribution in [0.4, 0.5) is 5.82 Å². The van der Waals surface area contributed by atoms with Crippen molar-refractivity contribution in [2.45, 2.75) is 39.3 Å². The molecule has 0 spiro atoms. The highest BCUT2D eigenvalue weighted by molar-refractivity contribution is 5.41. The summed E-state index contributed by atoms with van der Waals surface area (Å²) in [5.74, 6) is 2.05. The summed E-state index contributed by atoms with van der Waals surface area (Å²) in [7, 11) is 0. The van der Waals surface area contributed by atoms with Crippen LogP contribution in [0.25, 0.3) is 0 Å². The van der Waals surface area contributed by atoms with Crippen molar-refractivity contribution in [3.63, 3.8) is 0 Å². The Kier molecular flexibility index (Phi) is 4.01. The van der Waals surface area contributed by atoms with Gasteiger partial charge in [0.05, 0.1) is 18.5 Å². The largest absolute Gasteiger partial charge is 0.474 e. The van der Waals surface area contributed by atoms with E-state index in [0.717, 1.165) is 18.8 Å².